The smallest absolute Gasteiger partial charge is 0.0738 e. The van der Waals surface area contributed by atoms with Gasteiger partial charge in [0.05, 0.1) is 22.0 Å². The van der Waals surface area contributed by atoms with Gasteiger partial charge in [-0.3, -0.25) is 4.68 Å². The molecule has 19 heavy (non-hydrogen) atoms. The number of aryl methyl sites for hydroxylation is 2. The first-order valence-corrected chi connectivity index (χ1v) is 7.74. The van der Waals surface area contributed by atoms with Crippen LogP contribution < -0.4 is 5.32 Å². The highest BCUT2D eigenvalue weighted by Gasteiger charge is 2.17. The molecule has 0 saturated carbocycles. The standard InChI is InChI=1S/C14H26BrN3O/c1-6-18-13(14(15)11(3)17-18)9-12(16-4)8-7-10(2)19-5/h10,12,16H,6-9H2,1-5H3. The van der Waals surface area contributed by atoms with Gasteiger partial charge in [0.25, 0.3) is 0 Å². The van der Waals surface area contributed by atoms with Crippen molar-refractivity contribution in [3.05, 3.63) is 15.9 Å². The van der Waals surface area contributed by atoms with Crippen molar-refractivity contribution in [3.63, 3.8) is 0 Å². The lowest BCUT2D eigenvalue weighted by Gasteiger charge is -2.19. The number of hydrogen-bond acceptors (Lipinski definition) is 3. The lowest BCUT2D eigenvalue weighted by Crippen LogP contribution is -2.30. The molecule has 0 radical (unpaired) electrons. The highest BCUT2D eigenvalue weighted by molar-refractivity contribution is 9.10. The van der Waals surface area contributed by atoms with Crippen LogP contribution in [-0.4, -0.2) is 36.1 Å². The fraction of sp³-hybridized carbons (Fsp3) is 0.786. The maximum atomic E-state index is 5.31. The Morgan fingerprint density at radius 3 is 2.63 bits per heavy atom. The van der Waals surface area contributed by atoms with Crippen molar-refractivity contribution in [1.29, 1.82) is 0 Å². The first-order valence-electron chi connectivity index (χ1n) is 6.95. The second-order valence-electron chi connectivity index (χ2n) is 4.98. The zero-order valence-corrected chi connectivity index (χ0v) is 14.2. The Bertz CT molecular complexity index is 392. The molecule has 5 heteroatoms. The molecule has 0 aliphatic rings. The van der Waals surface area contributed by atoms with Crippen LogP contribution in [0.2, 0.25) is 0 Å². The van der Waals surface area contributed by atoms with E-state index < -0.39 is 0 Å². The van der Waals surface area contributed by atoms with E-state index in [4.69, 9.17) is 4.74 Å². The molecule has 0 spiro atoms. The van der Waals surface area contributed by atoms with E-state index in [1.165, 1.54) is 5.69 Å². The van der Waals surface area contributed by atoms with Crippen molar-refractivity contribution in [3.8, 4) is 0 Å². The molecule has 0 saturated heterocycles. The largest absolute Gasteiger partial charge is 0.382 e. The van der Waals surface area contributed by atoms with Crippen LogP contribution in [-0.2, 0) is 17.7 Å². The minimum atomic E-state index is 0.317. The Morgan fingerprint density at radius 2 is 2.11 bits per heavy atom. The van der Waals surface area contributed by atoms with E-state index >= 15 is 0 Å². The number of methoxy groups -OCH3 is 1. The molecule has 1 aromatic rings. The molecule has 0 aliphatic carbocycles. The summed E-state index contributed by atoms with van der Waals surface area (Å²) in [5.74, 6) is 0. The van der Waals surface area contributed by atoms with Gasteiger partial charge < -0.3 is 10.1 Å². The fourth-order valence-corrected chi connectivity index (χ4v) is 2.65. The first-order chi connectivity index (χ1) is 9.03. The summed E-state index contributed by atoms with van der Waals surface area (Å²) in [6.07, 6.45) is 3.48. The molecular formula is C14H26BrN3O. The molecule has 2 atom stereocenters. The summed E-state index contributed by atoms with van der Waals surface area (Å²) in [6, 6.07) is 0.454. The molecule has 1 rings (SSSR count). The molecule has 1 N–H and O–H groups in total. The predicted octanol–water partition coefficient (Wildman–Crippen LogP) is 2.92. The molecule has 0 bridgehead atoms. The van der Waals surface area contributed by atoms with E-state index in [1.54, 1.807) is 7.11 Å². The Labute approximate surface area is 125 Å². The van der Waals surface area contributed by atoms with Crippen molar-refractivity contribution in [2.75, 3.05) is 14.2 Å². The summed E-state index contributed by atoms with van der Waals surface area (Å²) >= 11 is 3.66. The SMILES string of the molecule is CCn1nc(C)c(Br)c1CC(CCC(C)OC)NC. The van der Waals surface area contributed by atoms with Crippen molar-refractivity contribution in [1.82, 2.24) is 15.1 Å². The third-order valence-corrected chi connectivity index (χ3v) is 4.66. The van der Waals surface area contributed by atoms with E-state index in [0.29, 0.717) is 12.1 Å². The van der Waals surface area contributed by atoms with Crippen LogP contribution >= 0.6 is 15.9 Å². The summed E-state index contributed by atoms with van der Waals surface area (Å²) in [5.41, 5.74) is 2.35. The second-order valence-corrected chi connectivity index (χ2v) is 5.77. The average molecular weight is 332 g/mol. The van der Waals surface area contributed by atoms with E-state index in [-0.39, 0.29) is 0 Å². The molecule has 2 unspecified atom stereocenters. The van der Waals surface area contributed by atoms with Gasteiger partial charge >= 0.3 is 0 Å². The maximum Gasteiger partial charge on any atom is 0.0738 e. The lowest BCUT2D eigenvalue weighted by molar-refractivity contribution is 0.106. The van der Waals surface area contributed by atoms with Crippen LogP contribution in [0.4, 0.5) is 0 Å². The average Bonchev–Trinajstić information content (AvgIpc) is 2.69. The van der Waals surface area contributed by atoms with Gasteiger partial charge in [-0.05, 0) is 56.6 Å². The topological polar surface area (TPSA) is 39.1 Å². The van der Waals surface area contributed by atoms with Crippen LogP contribution in [0.5, 0.6) is 0 Å². The number of nitrogens with zero attached hydrogens (tertiary/aromatic N) is 2. The molecule has 4 nitrogen and oxygen atoms in total. The number of ether oxygens (including phenoxy) is 1. The third kappa shape index (κ3) is 4.58. The van der Waals surface area contributed by atoms with Crippen LogP contribution in [0.1, 0.15) is 38.1 Å². The minimum absolute atomic E-state index is 0.317. The van der Waals surface area contributed by atoms with Gasteiger partial charge in [0.2, 0.25) is 0 Å². The van der Waals surface area contributed by atoms with E-state index in [9.17, 15) is 0 Å². The molecule has 1 aromatic heterocycles. The summed E-state index contributed by atoms with van der Waals surface area (Å²) in [4.78, 5) is 0. The van der Waals surface area contributed by atoms with Crippen LogP contribution in [0.3, 0.4) is 0 Å². The lowest BCUT2D eigenvalue weighted by atomic mass is 10.0. The van der Waals surface area contributed by atoms with Gasteiger partial charge in [-0.15, -0.1) is 0 Å². The van der Waals surface area contributed by atoms with Gasteiger partial charge in [-0.25, -0.2) is 0 Å². The van der Waals surface area contributed by atoms with Crippen LogP contribution in [0.25, 0.3) is 0 Å². The monoisotopic (exact) mass is 331 g/mol. The molecule has 110 valence electrons. The minimum Gasteiger partial charge on any atom is -0.382 e. The van der Waals surface area contributed by atoms with E-state index in [2.05, 4.69) is 44.9 Å². The van der Waals surface area contributed by atoms with Crippen molar-refractivity contribution in [2.45, 2.75) is 58.7 Å². The molecule has 1 heterocycles. The second kappa shape index (κ2) is 8.02. The van der Waals surface area contributed by atoms with E-state index in [0.717, 1.165) is 36.0 Å². The highest BCUT2D eigenvalue weighted by atomic mass is 79.9. The molecular weight excluding hydrogens is 306 g/mol. The van der Waals surface area contributed by atoms with Gasteiger partial charge in [-0.2, -0.15) is 5.10 Å². The van der Waals surface area contributed by atoms with Crippen LogP contribution in [0.15, 0.2) is 4.47 Å². The van der Waals surface area contributed by atoms with Crippen molar-refractivity contribution < 1.29 is 4.74 Å². The summed E-state index contributed by atoms with van der Waals surface area (Å²) < 4.78 is 8.55. The number of likely N-dealkylation sites (N-methyl/N-ethyl adjacent to an activating group) is 1. The zero-order valence-electron chi connectivity index (χ0n) is 12.7. The number of rotatable bonds is 8. The van der Waals surface area contributed by atoms with Gasteiger partial charge in [0, 0.05) is 26.1 Å². The first kappa shape index (κ1) is 16.7. The van der Waals surface area contributed by atoms with Gasteiger partial charge in [0.15, 0.2) is 0 Å². The number of hydrogen-bond donors (Lipinski definition) is 1. The molecule has 0 aliphatic heterocycles. The fourth-order valence-electron chi connectivity index (χ4n) is 2.20. The molecule has 0 fully saturated rings. The summed E-state index contributed by atoms with van der Waals surface area (Å²) in [6.45, 7) is 7.20. The highest BCUT2D eigenvalue weighted by Crippen LogP contribution is 2.23. The molecule has 0 aromatic carbocycles. The van der Waals surface area contributed by atoms with Crippen LogP contribution in [0, 0.1) is 6.92 Å². The summed E-state index contributed by atoms with van der Waals surface area (Å²) in [7, 11) is 3.79. The maximum absolute atomic E-state index is 5.31. The van der Waals surface area contributed by atoms with Crippen molar-refractivity contribution in [2.24, 2.45) is 0 Å². The predicted molar refractivity (Wildman–Crippen MR) is 82.6 cm³/mol. The Morgan fingerprint density at radius 1 is 1.42 bits per heavy atom. The number of halogens is 1. The zero-order chi connectivity index (χ0) is 14.4. The Hall–Kier alpha value is -0.390. The normalized spacial score (nSPS) is 14.6. The number of aromatic nitrogens is 2. The Kier molecular flexibility index (Phi) is 7.04. The molecule has 0 amide bonds. The number of nitrogens with one attached hydrogen (secondary N) is 1. The third-order valence-electron chi connectivity index (χ3n) is 3.62. The van der Waals surface area contributed by atoms with E-state index in [1.807, 2.05) is 14.0 Å². The van der Waals surface area contributed by atoms with Crippen molar-refractivity contribution >= 4 is 15.9 Å². The Balaban J connectivity index is 2.70. The van der Waals surface area contributed by atoms with Gasteiger partial charge in [-0.1, -0.05) is 0 Å². The summed E-state index contributed by atoms with van der Waals surface area (Å²) in [5, 5.41) is 7.95. The van der Waals surface area contributed by atoms with Gasteiger partial charge in [0.1, 0.15) is 0 Å². The quantitative estimate of drug-likeness (QED) is 0.796.